The second-order valence-electron chi connectivity index (χ2n) is 3.93. The van der Waals surface area contributed by atoms with E-state index in [2.05, 4.69) is 27.5 Å². The molecule has 4 heteroatoms. The molecule has 2 nitrogen and oxygen atoms in total. The molecule has 2 aromatic rings. The monoisotopic (exact) mass is 356 g/mol. The standard InChI is InChI=1S/C14H14FIN2/c1-2-18(12-5-3-4-10(15)8-12)14-7-6-11(17)9-13(14)16/h3-9H,2,17H2,1H3. The van der Waals surface area contributed by atoms with Gasteiger partial charge in [-0.15, -0.1) is 0 Å². The maximum atomic E-state index is 13.3. The Bertz CT molecular complexity index is 557. The van der Waals surface area contributed by atoms with Crippen molar-refractivity contribution in [3.63, 3.8) is 0 Å². The van der Waals surface area contributed by atoms with Crippen molar-refractivity contribution in [1.82, 2.24) is 0 Å². The summed E-state index contributed by atoms with van der Waals surface area (Å²) in [5.74, 6) is -0.226. The molecular formula is C14H14FIN2. The summed E-state index contributed by atoms with van der Waals surface area (Å²) in [7, 11) is 0. The third-order valence-electron chi connectivity index (χ3n) is 2.70. The molecule has 0 spiro atoms. The Morgan fingerprint density at radius 2 is 2.00 bits per heavy atom. The van der Waals surface area contributed by atoms with Gasteiger partial charge in [0.1, 0.15) is 5.82 Å². The molecule has 0 amide bonds. The highest BCUT2D eigenvalue weighted by atomic mass is 127. The lowest BCUT2D eigenvalue weighted by molar-refractivity contribution is 0.627. The van der Waals surface area contributed by atoms with Crippen LogP contribution >= 0.6 is 22.6 Å². The van der Waals surface area contributed by atoms with Crippen molar-refractivity contribution in [1.29, 1.82) is 0 Å². The van der Waals surface area contributed by atoms with E-state index in [1.807, 2.05) is 31.2 Å². The molecule has 0 saturated heterocycles. The van der Waals surface area contributed by atoms with E-state index in [0.29, 0.717) is 0 Å². The van der Waals surface area contributed by atoms with Crippen molar-refractivity contribution >= 4 is 39.7 Å². The van der Waals surface area contributed by atoms with Crippen LogP contribution in [0.15, 0.2) is 42.5 Å². The second-order valence-corrected chi connectivity index (χ2v) is 5.10. The van der Waals surface area contributed by atoms with Crippen LogP contribution in [0, 0.1) is 9.39 Å². The average molecular weight is 356 g/mol. The summed E-state index contributed by atoms with van der Waals surface area (Å²) < 4.78 is 14.4. The van der Waals surface area contributed by atoms with Gasteiger partial charge in [-0.1, -0.05) is 6.07 Å². The van der Waals surface area contributed by atoms with Crippen molar-refractivity contribution in [2.45, 2.75) is 6.92 Å². The van der Waals surface area contributed by atoms with E-state index in [4.69, 9.17) is 5.73 Å². The van der Waals surface area contributed by atoms with Crippen LogP contribution in [0.2, 0.25) is 0 Å². The molecule has 94 valence electrons. The Labute approximate surface area is 120 Å². The number of halogens is 2. The summed E-state index contributed by atoms with van der Waals surface area (Å²) in [6, 6.07) is 12.3. The number of benzene rings is 2. The largest absolute Gasteiger partial charge is 0.399 e. The minimum atomic E-state index is -0.226. The van der Waals surface area contributed by atoms with E-state index in [9.17, 15) is 4.39 Å². The molecule has 0 unspecified atom stereocenters. The van der Waals surface area contributed by atoms with E-state index in [1.165, 1.54) is 12.1 Å². The van der Waals surface area contributed by atoms with Gasteiger partial charge in [-0.25, -0.2) is 4.39 Å². The first kappa shape index (κ1) is 13.1. The highest BCUT2D eigenvalue weighted by Crippen LogP contribution is 2.30. The summed E-state index contributed by atoms with van der Waals surface area (Å²) in [6.45, 7) is 2.81. The van der Waals surface area contributed by atoms with Gasteiger partial charge in [0.05, 0.1) is 5.69 Å². The number of anilines is 3. The first-order chi connectivity index (χ1) is 8.61. The van der Waals surface area contributed by atoms with Gasteiger partial charge in [0, 0.05) is 21.5 Å². The normalized spacial score (nSPS) is 10.4. The Morgan fingerprint density at radius 1 is 1.22 bits per heavy atom. The molecule has 2 aromatic carbocycles. The van der Waals surface area contributed by atoms with E-state index >= 15 is 0 Å². The van der Waals surface area contributed by atoms with Gasteiger partial charge in [-0.2, -0.15) is 0 Å². The smallest absolute Gasteiger partial charge is 0.125 e. The molecule has 0 bridgehead atoms. The van der Waals surface area contributed by atoms with Crippen LogP contribution in [0.25, 0.3) is 0 Å². The molecule has 18 heavy (non-hydrogen) atoms. The topological polar surface area (TPSA) is 29.3 Å². The summed E-state index contributed by atoms with van der Waals surface area (Å²) in [4.78, 5) is 2.06. The van der Waals surface area contributed by atoms with E-state index < -0.39 is 0 Å². The van der Waals surface area contributed by atoms with Crippen molar-refractivity contribution < 1.29 is 4.39 Å². The minimum absolute atomic E-state index is 0.226. The molecule has 0 radical (unpaired) electrons. The number of nitrogen functional groups attached to an aromatic ring is 1. The van der Waals surface area contributed by atoms with Gasteiger partial charge < -0.3 is 10.6 Å². The summed E-state index contributed by atoms with van der Waals surface area (Å²) in [5, 5.41) is 0. The molecule has 2 rings (SSSR count). The van der Waals surface area contributed by atoms with Crippen LogP contribution in [0.3, 0.4) is 0 Å². The van der Waals surface area contributed by atoms with Gasteiger partial charge in [-0.05, 0) is 65.9 Å². The fraction of sp³-hybridized carbons (Fsp3) is 0.143. The Kier molecular flexibility index (Phi) is 4.06. The van der Waals surface area contributed by atoms with Crippen LogP contribution in [-0.4, -0.2) is 6.54 Å². The number of nitrogens with two attached hydrogens (primary N) is 1. The number of hydrogen-bond acceptors (Lipinski definition) is 2. The quantitative estimate of drug-likeness (QED) is 0.661. The van der Waals surface area contributed by atoms with Gasteiger partial charge >= 0.3 is 0 Å². The van der Waals surface area contributed by atoms with Crippen molar-refractivity contribution in [2.75, 3.05) is 17.2 Å². The molecule has 0 heterocycles. The van der Waals surface area contributed by atoms with Gasteiger partial charge in [-0.3, -0.25) is 0 Å². The first-order valence-corrected chi connectivity index (χ1v) is 6.78. The third kappa shape index (κ3) is 2.75. The van der Waals surface area contributed by atoms with Crippen LogP contribution in [0.5, 0.6) is 0 Å². The number of hydrogen-bond donors (Lipinski definition) is 1. The van der Waals surface area contributed by atoms with Crippen LogP contribution < -0.4 is 10.6 Å². The summed E-state index contributed by atoms with van der Waals surface area (Å²) >= 11 is 2.24. The maximum Gasteiger partial charge on any atom is 0.125 e. The predicted molar refractivity (Wildman–Crippen MR) is 82.7 cm³/mol. The van der Waals surface area contributed by atoms with Crippen molar-refractivity contribution in [3.05, 3.63) is 51.9 Å². The Hall–Kier alpha value is -1.30. The maximum absolute atomic E-state index is 13.3. The molecule has 0 aliphatic heterocycles. The number of rotatable bonds is 3. The zero-order chi connectivity index (χ0) is 13.1. The lowest BCUT2D eigenvalue weighted by Gasteiger charge is -2.24. The second kappa shape index (κ2) is 5.56. The van der Waals surface area contributed by atoms with Crippen LogP contribution in [0.4, 0.5) is 21.5 Å². The van der Waals surface area contributed by atoms with E-state index in [1.54, 1.807) is 6.07 Å². The molecule has 0 aliphatic rings. The van der Waals surface area contributed by atoms with E-state index in [0.717, 1.165) is 27.2 Å². The van der Waals surface area contributed by atoms with E-state index in [-0.39, 0.29) is 5.82 Å². The summed E-state index contributed by atoms with van der Waals surface area (Å²) in [6.07, 6.45) is 0. The fourth-order valence-corrected chi connectivity index (χ4v) is 2.71. The van der Waals surface area contributed by atoms with Crippen LogP contribution in [-0.2, 0) is 0 Å². The van der Waals surface area contributed by atoms with Gasteiger partial charge in [0.25, 0.3) is 0 Å². The van der Waals surface area contributed by atoms with Crippen molar-refractivity contribution in [2.24, 2.45) is 0 Å². The Morgan fingerprint density at radius 3 is 2.61 bits per heavy atom. The Balaban J connectivity index is 2.45. The first-order valence-electron chi connectivity index (χ1n) is 5.70. The molecule has 2 N–H and O–H groups in total. The zero-order valence-corrected chi connectivity index (χ0v) is 12.2. The molecule has 0 aromatic heterocycles. The molecular weight excluding hydrogens is 342 g/mol. The predicted octanol–water partition coefficient (Wildman–Crippen LogP) is 4.17. The highest BCUT2D eigenvalue weighted by Gasteiger charge is 2.11. The minimum Gasteiger partial charge on any atom is -0.399 e. The average Bonchev–Trinajstić information content (AvgIpc) is 2.33. The highest BCUT2D eigenvalue weighted by molar-refractivity contribution is 14.1. The molecule has 0 atom stereocenters. The molecule has 0 fully saturated rings. The van der Waals surface area contributed by atoms with Gasteiger partial charge in [0.15, 0.2) is 0 Å². The summed E-state index contributed by atoms with van der Waals surface area (Å²) in [5.41, 5.74) is 8.37. The van der Waals surface area contributed by atoms with Crippen LogP contribution in [0.1, 0.15) is 6.92 Å². The number of nitrogens with zero attached hydrogens (tertiary/aromatic N) is 1. The molecule has 0 saturated carbocycles. The third-order valence-corrected chi connectivity index (χ3v) is 3.56. The lowest BCUT2D eigenvalue weighted by Crippen LogP contribution is -2.17. The SMILES string of the molecule is CCN(c1cccc(F)c1)c1ccc(N)cc1I. The lowest BCUT2D eigenvalue weighted by atomic mass is 10.2. The van der Waals surface area contributed by atoms with Crippen molar-refractivity contribution in [3.8, 4) is 0 Å². The van der Waals surface area contributed by atoms with Gasteiger partial charge in [0.2, 0.25) is 0 Å². The zero-order valence-electron chi connectivity index (χ0n) is 10.0. The molecule has 0 aliphatic carbocycles. The fourth-order valence-electron chi connectivity index (χ4n) is 1.88.